The van der Waals surface area contributed by atoms with Crippen molar-refractivity contribution in [3.05, 3.63) is 71.8 Å². The van der Waals surface area contributed by atoms with Crippen LogP contribution in [0.1, 0.15) is 22.4 Å². The van der Waals surface area contributed by atoms with E-state index in [0.29, 0.717) is 11.2 Å². The number of hydrogen-bond donors (Lipinski definition) is 0. The van der Waals surface area contributed by atoms with E-state index in [-0.39, 0.29) is 20.9 Å². The molecule has 1 amide bonds. The minimum absolute atomic E-state index is 0.000770. The second kappa shape index (κ2) is 5.52. The minimum atomic E-state index is 0.000770. The molecule has 2 aromatic carbocycles. The Kier molecular flexibility index (Phi) is 3.58. The van der Waals surface area contributed by atoms with Crippen LogP contribution in [0.5, 0.6) is 0 Å². The summed E-state index contributed by atoms with van der Waals surface area (Å²) in [6, 6.07) is 20.3. The van der Waals surface area contributed by atoms with Crippen LogP contribution in [0.4, 0.5) is 0 Å². The summed E-state index contributed by atoms with van der Waals surface area (Å²) in [5.41, 5.74) is 2.33. The molecule has 0 aromatic heterocycles. The summed E-state index contributed by atoms with van der Waals surface area (Å²) in [7, 11) is 0. The van der Waals surface area contributed by atoms with E-state index in [1.54, 1.807) is 0 Å². The number of carbonyl (C=O) groups excluding carboxylic acids is 1. The van der Waals surface area contributed by atoms with E-state index in [9.17, 15) is 4.79 Å². The molecule has 94 valence electrons. The fourth-order valence-corrected chi connectivity index (χ4v) is 4.64. The zero-order valence-electron chi connectivity index (χ0n) is 10.3. The summed E-state index contributed by atoms with van der Waals surface area (Å²) in [4.78, 5) is 16.4. The molecule has 1 heterocycles. The first kappa shape index (κ1) is 12.3. The molecule has 0 unspecified atom stereocenters. The number of nitrogens with zero attached hydrogens (tertiary/aromatic N) is 1. The molecule has 0 N–H and O–H groups in total. The third-order valence-electron chi connectivity index (χ3n) is 3.03. The normalized spacial score (nSPS) is 19.1. The Morgan fingerprint density at radius 2 is 1.58 bits per heavy atom. The molecule has 0 radical (unpaired) electrons. The molecule has 0 fully saturated rings. The molecule has 0 spiro atoms. The maximum absolute atomic E-state index is 11.9. The summed E-state index contributed by atoms with van der Waals surface area (Å²) >= 11 is 0.205. The summed E-state index contributed by atoms with van der Waals surface area (Å²) in [6.07, 6.45) is 0.542. The molecular formula is C16H13NOSe. The van der Waals surface area contributed by atoms with E-state index in [2.05, 4.69) is 17.1 Å². The standard InChI is InChI=1S/C16H13NOSe/c18-15-11-14(12-7-3-1-4-8-12)19-16(17-15)13-9-5-2-6-10-13/h1-10,14H,11H2/t14-/m1/s1. The van der Waals surface area contributed by atoms with Crippen LogP contribution in [0.3, 0.4) is 0 Å². The second-order valence-corrected chi connectivity index (χ2v) is 6.90. The van der Waals surface area contributed by atoms with E-state index >= 15 is 0 Å². The van der Waals surface area contributed by atoms with E-state index < -0.39 is 0 Å². The number of benzene rings is 2. The van der Waals surface area contributed by atoms with Crippen LogP contribution in [0.25, 0.3) is 0 Å². The van der Waals surface area contributed by atoms with Gasteiger partial charge >= 0.3 is 118 Å². The van der Waals surface area contributed by atoms with Gasteiger partial charge in [-0.05, 0) is 0 Å². The number of amides is 1. The molecule has 0 saturated heterocycles. The molecule has 3 rings (SSSR count). The van der Waals surface area contributed by atoms with Crippen molar-refractivity contribution in [1.82, 2.24) is 0 Å². The first-order valence-corrected chi connectivity index (χ1v) is 8.06. The third kappa shape index (κ3) is 2.83. The summed E-state index contributed by atoms with van der Waals surface area (Å²) in [5, 5.41) is 0. The zero-order valence-corrected chi connectivity index (χ0v) is 12.0. The average Bonchev–Trinajstić information content (AvgIpc) is 2.48. The van der Waals surface area contributed by atoms with Crippen molar-refractivity contribution in [2.24, 2.45) is 4.99 Å². The zero-order chi connectivity index (χ0) is 13.1. The summed E-state index contributed by atoms with van der Waals surface area (Å²) in [6.45, 7) is 0. The summed E-state index contributed by atoms with van der Waals surface area (Å²) < 4.78 is 0.971. The van der Waals surface area contributed by atoms with Gasteiger partial charge in [0.1, 0.15) is 0 Å². The fourth-order valence-electron chi connectivity index (χ4n) is 2.09. The van der Waals surface area contributed by atoms with Gasteiger partial charge in [-0.3, -0.25) is 0 Å². The molecule has 2 aromatic rings. The van der Waals surface area contributed by atoms with Gasteiger partial charge in [-0.25, -0.2) is 0 Å². The van der Waals surface area contributed by atoms with Crippen LogP contribution < -0.4 is 0 Å². The van der Waals surface area contributed by atoms with Crippen molar-refractivity contribution in [3.8, 4) is 0 Å². The predicted octanol–water partition coefficient (Wildman–Crippen LogP) is 2.81. The van der Waals surface area contributed by atoms with E-state index in [4.69, 9.17) is 0 Å². The molecule has 1 aliphatic heterocycles. The second-order valence-electron chi connectivity index (χ2n) is 4.40. The van der Waals surface area contributed by atoms with Gasteiger partial charge in [0.15, 0.2) is 0 Å². The third-order valence-corrected chi connectivity index (χ3v) is 5.70. The number of carbonyl (C=O) groups is 1. The molecule has 0 aliphatic carbocycles. The maximum atomic E-state index is 11.9. The van der Waals surface area contributed by atoms with Gasteiger partial charge in [-0.15, -0.1) is 0 Å². The number of aliphatic imine (C=N–C) groups is 1. The van der Waals surface area contributed by atoms with Gasteiger partial charge in [-0.1, -0.05) is 0 Å². The van der Waals surface area contributed by atoms with Crippen LogP contribution in [0.15, 0.2) is 65.7 Å². The van der Waals surface area contributed by atoms with E-state index in [1.807, 2.05) is 48.5 Å². The number of hydrogen-bond acceptors (Lipinski definition) is 1. The van der Waals surface area contributed by atoms with Crippen LogP contribution in [-0.2, 0) is 4.79 Å². The van der Waals surface area contributed by atoms with Crippen LogP contribution in [0.2, 0.25) is 0 Å². The Labute approximate surface area is 118 Å². The fraction of sp³-hybridized carbons (Fsp3) is 0.125. The molecule has 1 atom stereocenters. The summed E-state index contributed by atoms with van der Waals surface area (Å²) in [5.74, 6) is 0.000770. The topological polar surface area (TPSA) is 29.4 Å². The van der Waals surface area contributed by atoms with Crippen LogP contribution >= 0.6 is 0 Å². The van der Waals surface area contributed by atoms with Gasteiger partial charge in [0.25, 0.3) is 0 Å². The average molecular weight is 314 g/mol. The van der Waals surface area contributed by atoms with Crippen LogP contribution in [0, 0.1) is 0 Å². The van der Waals surface area contributed by atoms with Crippen molar-refractivity contribution >= 4 is 25.5 Å². The van der Waals surface area contributed by atoms with Crippen molar-refractivity contribution in [2.45, 2.75) is 11.2 Å². The van der Waals surface area contributed by atoms with Crippen molar-refractivity contribution in [3.63, 3.8) is 0 Å². The molecule has 3 heteroatoms. The predicted molar refractivity (Wildman–Crippen MR) is 77.5 cm³/mol. The van der Waals surface area contributed by atoms with Gasteiger partial charge in [0, 0.05) is 0 Å². The Hall–Kier alpha value is -1.70. The van der Waals surface area contributed by atoms with Crippen molar-refractivity contribution < 1.29 is 4.79 Å². The Balaban J connectivity index is 1.90. The Morgan fingerprint density at radius 3 is 2.26 bits per heavy atom. The van der Waals surface area contributed by atoms with E-state index in [0.717, 1.165) is 10.2 Å². The first-order valence-electron chi connectivity index (χ1n) is 6.21. The number of rotatable bonds is 2. The molecule has 0 saturated carbocycles. The monoisotopic (exact) mass is 315 g/mol. The van der Waals surface area contributed by atoms with Gasteiger partial charge in [0.2, 0.25) is 0 Å². The molecular weight excluding hydrogens is 301 g/mol. The molecule has 19 heavy (non-hydrogen) atoms. The SMILES string of the molecule is O=C1C[C@H](c2ccccc2)[Se]C(c2ccccc2)=N1. The van der Waals surface area contributed by atoms with Crippen molar-refractivity contribution in [1.29, 1.82) is 0 Å². The molecule has 2 nitrogen and oxygen atoms in total. The van der Waals surface area contributed by atoms with Crippen LogP contribution in [-0.4, -0.2) is 25.5 Å². The Morgan fingerprint density at radius 1 is 0.947 bits per heavy atom. The van der Waals surface area contributed by atoms with Gasteiger partial charge < -0.3 is 0 Å². The molecule has 1 aliphatic rings. The van der Waals surface area contributed by atoms with Crippen molar-refractivity contribution in [2.75, 3.05) is 0 Å². The van der Waals surface area contributed by atoms with Gasteiger partial charge in [-0.2, -0.15) is 0 Å². The molecule has 0 bridgehead atoms. The van der Waals surface area contributed by atoms with Gasteiger partial charge in [0.05, 0.1) is 0 Å². The van der Waals surface area contributed by atoms with E-state index in [1.165, 1.54) is 5.56 Å². The first-order chi connectivity index (χ1) is 9.33. The Bertz CT molecular complexity index is 607. The quantitative estimate of drug-likeness (QED) is 0.784.